The van der Waals surface area contributed by atoms with E-state index in [1.807, 2.05) is 14.0 Å². The van der Waals surface area contributed by atoms with E-state index in [1.54, 1.807) is 0 Å². The fourth-order valence-corrected chi connectivity index (χ4v) is 1.65. The molecule has 0 saturated heterocycles. The summed E-state index contributed by atoms with van der Waals surface area (Å²) >= 11 is 0. The quantitative estimate of drug-likeness (QED) is 0.868. The monoisotopic (exact) mass is 235 g/mol. The zero-order valence-electron chi connectivity index (χ0n) is 9.77. The minimum Gasteiger partial charge on any atom is -0.315 e. The van der Waals surface area contributed by atoms with Crippen molar-refractivity contribution in [2.45, 2.75) is 19.5 Å². The van der Waals surface area contributed by atoms with Gasteiger partial charge in [0.05, 0.1) is 17.2 Å². The van der Waals surface area contributed by atoms with Gasteiger partial charge in [0, 0.05) is 12.6 Å². The summed E-state index contributed by atoms with van der Waals surface area (Å²) in [5.74, 6) is -0.421. The molecule has 1 atom stereocenters. The molecule has 2 aromatic rings. The van der Waals surface area contributed by atoms with Gasteiger partial charge in [-0.15, -0.1) is 0 Å². The molecule has 1 unspecified atom stereocenters. The van der Waals surface area contributed by atoms with Crippen molar-refractivity contribution < 1.29 is 4.39 Å². The summed E-state index contributed by atoms with van der Waals surface area (Å²) in [6.07, 6.45) is 1.50. The van der Waals surface area contributed by atoms with Gasteiger partial charge in [-0.1, -0.05) is 0 Å². The molecule has 17 heavy (non-hydrogen) atoms. The van der Waals surface area contributed by atoms with Crippen LogP contribution in [0.25, 0.3) is 10.9 Å². The van der Waals surface area contributed by atoms with Gasteiger partial charge in [-0.05, 0) is 32.2 Å². The number of nitrogens with zero attached hydrogens (tertiary/aromatic N) is 2. The Labute approximate surface area is 98.1 Å². The Morgan fingerprint density at radius 2 is 2.29 bits per heavy atom. The predicted octanol–water partition coefficient (Wildman–Crippen LogP) is 1.14. The first kappa shape index (κ1) is 11.7. The van der Waals surface area contributed by atoms with Gasteiger partial charge < -0.3 is 5.32 Å². The van der Waals surface area contributed by atoms with E-state index < -0.39 is 5.82 Å². The van der Waals surface area contributed by atoms with Gasteiger partial charge in [-0.2, -0.15) is 0 Å². The number of rotatable bonds is 3. The average Bonchev–Trinajstić information content (AvgIpc) is 2.33. The van der Waals surface area contributed by atoms with Gasteiger partial charge in [0.15, 0.2) is 0 Å². The highest BCUT2D eigenvalue weighted by Crippen LogP contribution is 2.08. The summed E-state index contributed by atoms with van der Waals surface area (Å²) in [7, 11) is 1.82. The molecule has 2 rings (SSSR count). The number of fused-ring (bicyclic) bond motifs is 1. The van der Waals surface area contributed by atoms with E-state index in [1.165, 1.54) is 29.1 Å². The van der Waals surface area contributed by atoms with Crippen molar-refractivity contribution in [1.82, 2.24) is 14.9 Å². The van der Waals surface area contributed by atoms with Crippen LogP contribution >= 0.6 is 0 Å². The van der Waals surface area contributed by atoms with Gasteiger partial charge >= 0.3 is 0 Å². The lowest BCUT2D eigenvalue weighted by molar-refractivity contribution is 0.503. The maximum Gasteiger partial charge on any atom is 0.261 e. The maximum absolute atomic E-state index is 13.1. The highest BCUT2D eigenvalue weighted by atomic mass is 19.1. The zero-order valence-corrected chi connectivity index (χ0v) is 9.77. The summed E-state index contributed by atoms with van der Waals surface area (Å²) < 4.78 is 14.6. The number of likely N-dealkylation sites (N-methyl/N-ethyl adjacent to an activating group) is 1. The number of benzene rings is 1. The van der Waals surface area contributed by atoms with Crippen LogP contribution in [0, 0.1) is 5.82 Å². The van der Waals surface area contributed by atoms with Crippen molar-refractivity contribution in [2.24, 2.45) is 0 Å². The molecule has 0 amide bonds. The topological polar surface area (TPSA) is 46.9 Å². The van der Waals surface area contributed by atoms with Crippen LogP contribution in [0.3, 0.4) is 0 Å². The smallest absolute Gasteiger partial charge is 0.261 e. The molecule has 0 aliphatic heterocycles. The molecule has 5 heteroatoms. The summed E-state index contributed by atoms with van der Waals surface area (Å²) in [6, 6.07) is 4.19. The van der Waals surface area contributed by atoms with Gasteiger partial charge in [-0.25, -0.2) is 9.37 Å². The van der Waals surface area contributed by atoms with Crippen molar-refractivity contribution in [3.8, 4) is 0 Å². The minimum atomic E-state index is -0.421. The fraction of sp³-hybridized carbons (Fsp3) is 0.333. The molecule has 0 aliphatic rings. The Balaban J connectivity index is 2.53. The second kappa shape index (κ2) is 4.63. The molecule has 0 spiro atoms. The van der Waals surface area contributed by atoms with E-state index in [-0.39, 0.29) is 11.6 Å². The lowest BCUT2D eigenvalue weighted by Gasteiger charge is -2.12. The SMILES string of the molecule is CNC(C)Cn1cnc2ccc(F)cc2c1=O. The van der Waals surface area contributed by atoms with Crippen LogP contribution in [0.1, 0.15) is 6.92 Å². The van der Waals surface area contributed by atoms with Gasteiger partial charge in [0.1, 0.15) is 5.82 Å². The predicted molar refractivity (Wildman–Crippen MR) is 64.5 cm³/mol. The molecule has 1 aromatic heterocycles. The average molecular weight is 235 g/mol. The lowest BCUT2D eigenvalue weighted by atomic mass is 10.2. The lowest BCUT2D eigenvalue weighted by Crippen LogP contribution is -2.32. The fourth-order valence-electron chi connectivity index (χ4n) is 1.65. The van der Waals surface area contributed by atoms with Crippen LogP contribution in [0.15, 0.2) is 29.3 Å². The van der Waals surface area contributed by atoms with E-state index in [9.17, 15) is 9.18 Å². The summed E-state index contributed by atoms with van der Waals surface area (Å²) in [5.41, 5.74) is 0.307. The molecule has 0 radical (unpaired) electrons. The van der Waals surface area contributed by atoms with Crippen molar-refractivity contribution in [3.63, 3.8) is 0 Å². The van der Waals surface area contributed by atoms with Crippen molar-refractivity contribution >= 4 is 10.9 Å². The third kappa shape index (κ3) is 2.34. The zero-order chi connectivity index (χ0) is 12.4. The molecular formula is C12H14FN3O. The summed E-state index contributed by atoms with van der Waals surface area (Å²) in [6.45, 7) is 2.47. The van der Waals surface area contributed by atoms with Crippen molar-refractivity contribution in [3.05, 3.63) is 40.7 Å². The van der Waals surface area contributed by atoms with Crippen LogP contribution in [-0.4, -0.2) is 22.6 Å². The highest BCUT2D eigenvalue weighted by molar-refractivity contribution is 5.77. The first-order chi connectivity index (χ1) is 8.11. The van der Waals surface area contributed by atoms with Crippen LogP contribution in [0.2, 0.25) is 0 Å². The standard InChI is InChI=1S/C12H14FN3O/c1-8(14-2)6-16-7-15-11-4-3-9(13)5-10(11)12(16)17/h3-5,7-8,14H,6H2,1-2H3. The summed E-state index contributed by atoms with van der Waals surface area (Å²) in [5, 5.41) is 3.35. The number of hydrogen-bond donors (Lipinski definition) is 1. The van der Waals surface area contributed by atoms with Crippen LogP contribution in [0.5, 0.6) is 0 Å². The van der Waals surface area contributed by atoms with Crippen LogP contribution in [-0.2, 0) is 6.54 Å². The normalized spacial score (nSPS) is 12.9. The third-order valence-corrected chi connectivity index (χ3v) is 2.75. The largest absolute Gasteiger partial charge is 0.315 e. The van der Waals surface area contributed by atoms with E-state index in [0.29, 0.717) is 17.4 Å². The number of nitrogens with one attached hydrogen (secondary N) is 1. The van der Waals surface area contributed by atoms with Gasteiger partial charge in [-0.3, -0.25) is 9.36 Å². The van der Waals surface area contributed by atoms with Crippen LogP contribution < -0.4 is 10.9 Å². The molecule has 0 bridgehead atoms. The first-order valence-corrected chi connectivity index (χ1v) is 5.44. The van der Waals surface area contributed by atoms with E-state index in [0.717, 1.165) is 0 Å². The Morgan fingerprint density at radius 1 is 1.53 bits per heavy atom. The molecule has 0 aliphatic carbocycles. The van der Waals surface area contributed by atoms with Gasteiger partial charge in [0.25, 0.3) is 5.56 Å². The van der Waals surface area contributed by atoms with E-state index >= 15 is 0 Å². The number of halogens is 1. The van der Waals surface area contributed by atoms with E-state index in [4.69, 9.17) is 0 Å². The number of aromatic nitrogens is 2. The first-order valence-electron chi connectivity index (χ1n) is 5.44. The van der Waals surface area contributed by atoms with Crippen molar-refractivity contribution in [1.29, 1.82) is 0 Å². The number of hydrogen-bond acceptors (Lipinski definition) is 3. The molecule has 4 nitrogen and oxygen atoms in total. The second-order valence-corrected chi connectivity index (χ2v) is 4.05. The molecule has 1 N–H and O–H groups in total. The highest BCUT2D eigenvalue weighted by Gasteiger charge is 2.07. The van der Waals surface area contributed by atoms with Gasteiger partial charge in [0.2, 0.25) is 0 Å². The third-order valence-electron chi connectivity index (χ3n) is 2.75. The Kier molecular flexibility index (Phi) is 3.19. The molecule has 1 aromatic carbocycles. The van der Waals surface area contributed by atoms with E-state index in [2.05, 4.69) is 10.3 Å². The second-order valence-electron chi connectivity index (χ2n) is 4.05. The molecule has 0 saturated carbocycles. The molecule has 90 valence electrons. The molecule has 0 fully saturated rings. The maximum atomic E-state index is 13.1. The Morgan fingerprint density at radius 3 is 3.00 bits per heavy atom. The van der Waals surface area contributed by atoms with Crippen LogP contribution in [0.4, 0.5) is 4.39 Å². The van der Waals surface area contributed by atoms with Crippen molar-refractivity contribution in [2.75, 3.05) is 7.05 Å². The molecule has 1 heterocycles. The minimum absolute atomic E-state index is 0.153. The summed E-state index contributed by atoms with van der Waals surface area (Å²) in [4.78, 5) is 16.2. The molecular weight excluding hydrogens is 221 g/mol. The Bertz CT molecular complexity index is 594. The Hall–Kier alpha value is -1.75.